The molecule has 1 atom stereocenters. The van der Waals surface area contributed by atoms with Crippen LogP contribution in [0, 0.1) is 40.9 Å². The molecule has 0 amide bonds. The van der Waals surface area contributed by atoms with E-state index >= 15 is 0 Å². The third kappa shape index (κ3) is 6.72. The van der Waals surface area contributed by atoms with Gasteiger partial charge >= 0.3 is 0 Å². The lowest BCUT2D eigenvalue weighted by atomic mass is 9.96. The average Bonchev–Trinajstić information content (AvgIpc) is 3.37. The van der Waals surface area contributed by atoms with Gasteiger partial charge in [-0.2, -0.15) is 14.9 Å². The van der Waals surface area contributed by atoms with Crippen molar-refractivity contribution in [1.29, 1.82) is 10.5 Å². The Bertz CT molecular complexity index is 1660. The number of fused-ring (bicyclic) bond motifs is 1. The molecule has 0 aliphatic rings. The fraction of sp³-hybridized carbons (Fsp3) is 0.379. The van der Waals surface area contributed by atoms with Gasteiger partial charge in [0.1, 0.15) is 24.4 Å². The van der Waals surface area contributed by atoms with Gasteiger partial charge in [-0.25, -0.2) is 18.4 Å². The normalized spacial score (nSPS) is 12.5. The predicted molar refractivity (Wildman–Crippen MR) is 149 cm³/mol. The first-order valence-electron chi connectivity index (χ1n) is 13.0. The van der Waals surface area contributed by atoms with Gasteiger partial charge < -0.3 is 10.6 Å². The largest absolute Gasteiger partial charge is 0.383 e. The summed E-state index contributed by atoms with van der Waals surface area (Å²) in [5.74, 6) is -3.64. The van der Waals surface area contributed by atoms with E-state index in [4.69, 9.17) is 0 Å². The summed E-state index contributed by atoms with van der Waals surface area (Å²) in [6.45, 7) is 9.07. The van der Waals surface area contributed by atoms with Crippen LogP contribution in [-0.2, 0) is 6.54 Å². The van der Waals surface area contributed by atoms with Crippen LogP contribution in [0.5, 0.6) is 0 Å². The number of nitrogens with zero attached hydrogens (tertiary/aromatic N) is 7. The maximum Gasteiger partial charge on any atom is 0.267 e. The summed E-state index contributed by atoms with van der Waals surface area (Å²) in [6.07, 6.45) is 2.48. The summed E-state index contributed by atoms with van der Waals surface area (Å²) < 4.78 is 43.1. The number of hydrogen-bond acceptors (Lipinski definition) is 8. The highest BCUT2D eigenvalue weighted by molar-refractivity contribution is 5.99. The molecule has 4 aromatic rings. The minimum atomic E-state index is -2.97. The minimum absolute atomic E-state index is 0.102. The molecule has 9 nitrogen and oxygen atoms in total. The van der Waals surface area contributed by atoms with Crippen molar-refractivity contribution in [2.45, 2.75) is 59.5 Å². The van der Waals surface area contributed by atoms with E-state index < -0.39 is 24.5 Å². The summed E-state index contributed by atoms with van der Waals surface area (Å²) >= 11 is 0. The summed E-state index contributed by atoms with van der Waals surface area (Å²) in [7, 11) is 0. The highest BCUT2D eigenvalue weighted by Gasteiger charge is 2.29. The molecule has 0 fully saturated rings. The fourth-order valence-electron chi connectivity index (χ4n) is 4.30. The van der Waals surface area contributed by atoms with Crippen molar-refractivity contribution in [2.24, 2.45) is 5.41 Å². The molecule has 0 aliphatic carbocycles. The van der Waals surface area contributed by atoms with E-state index in [2.05, 4.69) is 63.8 Å². The molecule has 12 heteroatoms. The van der Waals surface area contributed by atoms with Crippen molar-refractivity contribution in [2.75, 3.05) is 17.2 Å². The van der Waals surface area contributed by atoms with E-state index in [1.807, 2.05) is 0 Å². The maximum absolute atomic E-state index is 14.1. The molecule has 0 aliphatic heterocycles. The Morgan fingerprint density at radius 2 is 1.83 bits per heavy atom. The highest BCUT2D eigenvalue weighted by Crippen LogP contribution is 2.34. The van der Waals surface area contributed by atoms with Crippen LogP contribution in [0.4, 0.5) is 24.5 Å². The SMILES string of the molecule is CCC(F)(F)Cn1cc(C(Nc2cc(C#N)c3ncc(C#N)c(NCC(C)(C)C)c3c2)c2ccc(F)nc2C)nn1. The third-order valence-electron chi connectivity index (χ3n) is 6.49. The molecule has 41 heavy (non-hydrogen) atoms. The number of halogens is 3. The zero-order valence-corrected chi connectivity index (χ0v) is 23.4. The Labute approximate surface area is 236 Å². The highest BCUT2D eigenvalue weighted by atomic mass is 19.3. The number of anilines is 2. The van der Waals surface area contributed by atoms with Gasteiger partial charge in [-0.1, -0.05) is 39.0 Å². The molecule has 4 rings (SSSR count). The molecule has 0 saturated heterocycles. The van der Waals surface area contributed by atoms with Gasteiger partial charge in [0.15, 0.2) is 0 Å². The Kier molecular flexibility index (Phi) is 8.15. The van der Waals surface area contributed by atoms with Crippen molar-refractivity contribution in [3.8, 4) is 12.1 Å². The summed E-state index contributed by atoms with van der Waals surface area (Å²) in [6, 6.07) is 9.63. The lowest BCUT2D eigenvalue weighted by Crippen LogP contribution is -2.23. The lowest BCUT2D eigenvalue weighted by molar-refractivity contribution is -0.0233. The first kappa shape index (κ1) is 29.3. The molecular formula is C29H30F3N9. The van der Waals surface area contributed by atoms with Gasteiger partial charge in [-0.05, 0) is 30.5 Å². The van der Waals surface area contributed by atoms with E-state index in [1.54, 1.807) is 19.1 Å². The molecule has 0 spiro atoms. The lowest BCUT2D eigenvalue weighted by Gasteiger charge is -2.23. The topological polar surface area (TPSA) is 128 Å². The monoisotopic (exact) mass is 561 g/mol. The van der Waals surface area contributed by atoms with Crippen LogP contribution in [0.3, 0.4) is 0 Å². The number of aromatic nitrogens is 5. The summed E-state index contributed by atoms with van der Waals surface area (Å²) in [4.78, 5) is 8.29. The molecule has 1 aromatic carbocycles. The summed E-state index contributed by atoms with van der Waals surface area (Å²) in [5.41, 5.74) is 3.08. The van der Waals surface area contributed by atoms with Gasteiger partial charge in [-0.3, -0.25) is 4.98 Å². The van der Waals surface area contributed by atoms with Crippen LogP contribution in [0.1, 0.15) is 68.2 Å². The Morgan fingerprint density at radius 1 is 1.10 bits per heavy atom. The van der Waals surface area contributed by atoms with Crippen LogP contribution >= 0.6 is 0 Å². The van der Waals surface area contributed by atoms with Gasteiger partial charge in [0.05, 0.1) is 34.6 Å². The standard InChI is InChI=1S/C29H30F3N9/c1-6-29(31,32)16-41-14-23(39-40-41)27(21-7-8-24(30)37-17(21)2)38-20-9-18(11-33)25-22(10-20)26(19(12-34)13-35-25)36-15-28(3,4)5/h7-10,13-14,27,38H,6,15-16H2,1-5H3,(H,35,36). The van der Waals surface area contributed by atoms with Crippen LogP contribution in [0.25, 0.3) is 10.9 Å². The smallest absolute Gasteiger partial charge is 0.267 e. The number of rotatable bonds is 9. The number of hydrogen-bond donors (Lipinski definition) is 2. The van der Waals surface area contributed by atoms with E-state index in [1.165, 1.54) is 31.5 Å². The fourth-order valence-corrected chi connectivity index (χ4v) is 4.30. The van der Waals surface area contributed by atoms with E-state index in [-0.39, 0.29) is 17.4 Å². The Hall–Kier alpha value is -4.71. The second kappa shape index (κ2) is 11.4. The number of nitrogens with one attached hydrogen (secondary N) is 2. The number of aryl methyl sites for hydroxylation is 1. The van der Waals surface area contributed by atoms with Crippen LogP contribution in [0.2, 0.25) is 0 Å². The zero-order valence-electron chi connectivity index (χ0n) is 23.4. The van der Waals surface area contributed by atoms with Crippen LogP contribution in [0.15, 0.2) is 36.7 Å². The second-order valence-corrected chi connectivity index (χ2v) is 11.0. The second-order valence-electron chi connectivity index (χ2n) is 11.0. The molecule has 0 radical (unpaired) electrons. The molecule has 1 unspecified atom stereocenters. The van der Waals surface area contributed by atoms with Crippen molar-refractivity contribution >= 4 is 22.3 Å². The summed E-state index contributed by atoms with van der Waals surface area (Å²) in [5, 5.41) is 35.0. The van der Waals surface area contributed by atoms with Crippen molar-refractivity contribution in [1.82, 2.24) is 25.0 Å². The molecule has 212 valence electrons. The first-order valence-corrected chi connectivity index (χ1v) is 13.0. The van der Waals surface area contributed by atoms with Crippen LogP contribution in [-0.4, -0.2) is 37.4 Å². The Morgan fingerprint density at radius 3 is 2.46 bits per heavy atom. The number of nitriles is 2. The van der Waals surface area contributed by atoms with E-state index in [0.717, 1.165) is 4.68 Å². The van der Waals surface area contributed by atoms with E-state index in [0.29, 0.717) is 51.3 Å². The molecule has 0 saturated carbocycles. The third-order valence-corrected chi connectivity index (χ3v) is 6.49. The number of benzene rings is 1. The van der Waals surface area contributed by atoms with Gasteiger partial charge in [-0.15, -0.1) is 5.10 Å². The van der Waals surface area contributed by atoms with E-state index in [9.17, 15) is 23.7 Å². The minimum Gasteiger partial charge on any atom is -0.383 e. The van der Waals surface area contributed by atoms with Crippen molar-refractivity contribution in [3.05, 3.63) is 70.7 Å². The maximum atomic E-state index is 14.1. The first-order chi connectivity index (χ1) is 19.3. The zero-order chi connectivity index (χ0) is 29.9. The molecular weight excluding hydrogens is 531 g/mol. The molecule has 3 heterocycles. The molecule has 2 N–H and O–H groups in total. The average molecular weight is 562 g/mol. The van der Waals surface area contributed by atoms with Crippen molar-refractivity contribution < 1.29 is 13.2 Å². The van der Waals surface area contributed by atoms with Gasteiger partial charge in [0.25, 0.3) is 5.92 Å². The Balaban J connectivity index is 1.85. The predicted octanol–water partition coefficient (Wildman–Crippen LogP) is 6.12. The quantitative estimate of drug-likeness (QED) is 0.234. The molecule has 3 aromatic heterocycles. The van der Waals surface area contributed by atoms with Crippen molar-refractivity contribution in [3.63, 3.8) is 0 Å². The van der Waals surface area contributed by atoms with Gasteiger partial charge in [0, 0.05) is 41.5 Å². The van der Waals surface area contributed by atoms with Crippen LogP contribution < -0.4 is 10.6 Å². The van der Waals surface area contributed by atoms with Gasteiger partial charge in [0.2, 0.25) is 5.95 Å². The molecule has 0 bridgehead atoms. The number of pyridine rings is 2. The number of alkyl halides is 2.